The van der Waals surface area contributed by atoms with Crippen LogP contribution in [0.4, 0.5) is 0 Å². The summed E-state index contributed by atoms with van der Waals surface area (Å²) in [6, 6.07) is 0. The monoisotopic (exact) mass is 137 g/mol. The first kappa shape index (κ1) is 7.06. The van der Waals surface area contributed by atoms with E-state index >= 15 is 0 Å². The van der Waals surface area contributed by atoms with Crippen LogP contribution in [0.15, 0.2) is 23.3 Å². The minimum atomic E-state index is -0.250. The van der Waals surface area contributed by atoms with Crippen LogP contribution in [0.3, 0.4) is 0 Å². The first-order valence-electron chi connectivity index (χ1n) is 3.27. The van der Waals surface area contributed by atoms with Crippen molar-refractivity contribution in [3.63, 3.8) is 0 Å². The number of hydrogen-bond donors (Lipinski definition) is 1. The van der Waals surface area contributed by atoms with E-state index in [0.717, 1.165) is 11.1 Å². The van der Waals surface area contributed by atoms with Gasteiger partial charge in [0.1, 0.15) is 0 Å². The van der Waals surface area contributed by atoms with E-state index < -0.39 is 0 Å². The van der Waals surface area contributed by atoms with Crippen molar-refractivity contribution >= 4 is 5.91 Å². The van der Waals surface area contributed by atoms with Crippen LogP contribution in [-0.2, 0) is 4.79 Å². The van der Waals surface area contributed by atoms with Gasteiger partial charge in [-0.1, -0.05) is 23.3 Å². The van der Waals surface area contributed by atoms with Gasteiger partial charge in [-0.25, -0.2) is 0 Å². The van der Waals surface area contributed by atoms with Crippen LogP contribution in [0, 0.1) is 5.92 Å². The van der Waals surface area contributed by atoms with Crippen molar-refractivity contribution in [3.8, 4) is 0 Å². The Morgan fingerprint density at radius 1 is 1.40 bits per heavy atom. The largest absolute Gasteiger partial charge is 0.369 e. The molecule has 0 unspecified atom stereocenters. The number of primary amides is 1. The summed E-state index contributed by atoms with van der Waals surface area (Å²) in [5, 5.41) is 0. The molecule has 2 nitrogen and oxygen atoms in total. The second-order valence-corrected chi connectivity index (χ2v) is 2.66. The molecule has 0 aromatic carbocycles. The topological polar surface area (TPSA) is 43.1 Å². The molecule has 2 heteroatoms. The predicted molar refractivity (Wildman–Crippen MR) is 40.2 cm³/mol. The number of amides is 1. The van der Waals surface area contributed by atoms with Crippen molar-refractivity contribution in [3.05, 3.63) is 23.3 Å². The standard InChI is InChI=1S/C8H11NO/c1-5-3-4-6(2)7(5)8(9)10/h3-4,7H,1-2H3,(H2,9,10). The summed E-state index contributed by atoms with van der Waals surface area (Å²) in [5.41, 5.74) is 7.25. The van der Waals surface area contributed by atoms with Gasteiger partial charge in [-0.2, -0.15) is 0 Å². The minimum absolute atomic E-state index is 0.139. The zero-order chi connectivity index (χ0) is 7.72. The molecule has 0 bridgehead atoms. The van der Waals surface area contributed by atoms with Crippen LogP contribution in [-0.4, -0.2) is 5.91 Å². The fraction of sp³-hybridized carbons (Fsp3) is 0.375. The van der Waals surface area contributed by atoms with Crippen LogP contribution in [0.5, 0.6) is 0 Å². The molecule has 1 amide bonds. The average Bonchev–Trinajstić information content (AvgIpc) is 2.11. The highest BCUT2D eigenvalue weighted by atomic mass is 16.1. The summed E-state index contributed by atoms with van der Waals surface area (Å²) in [6.45, 7) is 3.84. The van der Waals surface area contributed by atoms with Crippen LogP contribution in [0.1, 0.15) is 13.8 Å². The number of carbonyl (C=O) groups is 1. The molecule has 1 aliphatic rings. The van der Waals surface area contributed by atoms with Gasteiger partial charge in [-0.05, 0) is 13.8 Å². The SMILES string of the molecule is CC1=CC=C(C)C1C(N)=O. The van der Waals surface area contributed by atoms with E-state index in [0.29, 0.717) is 0 Å². The highest BCUT2D eigenvalue weighted by molar-refractivity contribution is 5.83. The molecule has 0 spiro atoms. The highest BCUT2D eigenvalue weighted by Gasteiger charge is 2.21. The lowest BCUT2D eigenvalue weighted by molar-refractivity contribution is -0.119. The summed E-state index contributed by atoms with van der Waals surface area (Å²) in [5.74, 6) is -0.389. The minimum Gasteiger partial charge on any atom is -0.369 e. The van der Waals surface area contributed by atoms with Crippen molar-refractivity contribution in [2.75, 3.05) is 0 Å². The number of hydrogen-bond acceptors (Lipinski definition) is 1. The zero-order valence-corrected chi connectivity index (χ0v) is 6.22. The van der Waals surface area contributed by atoms with E-state index in [1.165, 1.54) is 0 Å². The van der Waals surface area contributed by atoms with Crippen molar-refractivity contribution in [2.45, 2.75) is 13.8 Å². The molecule has 0 atom stereocenters. The molecule has 0 aromatic heterocycles. The summed E-state index contributed by atoms with van der Waals surface area (Å²) < 4.78 is 0. The third-order valence-electron chi connectivity index (χ3n) is 1.80. The average molecular weight is 137 g/mol. The number of rotatable bonds is 1. The molecular formula is C8H11NO. The summed E-state index contributed by atoms with van der Waals surface area (Å²) >= 11 is 0. The molecule has 0 aromatic rings. The van der Waals surface area contributed by atoms with Gasteiger partial charge >= 0.3 is 0 Å². The first-order chi connectivity index (χ1) is 4.63. The van der Waals surface area contributed by atoms with E-state index in [-0.39, 0.29) is 11.8 Å². The maximum Gasteiger partial charge on any atom is 0.228 e. The lowest BCUT2D eigenvalue weighted by Crippen LogP contribution is -2.23. The quantitative estimate of drug-likeness (QED) is 0.575. The summed E-state index contributed by atoms with van der Waals surface area (Å²) in [7, 11) is 0. The molecule has 1 rings (SSSR count). The number of nitrogens with two attached hydrogens (primary N) is 1. The smallest absolute Gasteiger partial charge is 0.228 e. The maximum atomic E-state index is 10.8. The van der Waals surface area contributed by atoms with E-state index in [9.17, 15) is 4.79 Å². The number of allylic oxidation sites excluding steroid dienone is 2. The second-order valence-electron chi connectivity index (χ2n) is 2.66. The molecule has 0 aliphatic heterocycles. The van der Waals surface area contributed by atoms with E-state index in [2.05, 4.69) is 0 Å². The summed E-state index contributed by atoms with van der Waals surface area (Å²) in [4.78, 5) is 10.8. The molecule has 0 radical (unpaired) electrons. The summed E-state index contributed by atoms with van der Waals surface area (Å²) in [6.07, 6.45) is 3.87. The van der Waals surface area contributed by atoms with Gasteiger partial charge in [-0.15, -0.1) is 0 Å². The Morgan fingerprint density at radius 3 is 2.00 bits per heavy atom. The molecule has 10 heavy (non-hydrogen) atoms. The Balaban J connectivity index is 2.86. The lowest BCUT2D eigenvalue weighted by atomic mass is 9.98. The molecule has 0 saturated heterocycles. The molecule has 54 valence electrons. The molecule has 1 aliphatic carbocycles. The second kappa shape index (κ2) is 2.29. The number of carbonyl (C=O) groups excluding carboxylic acids is 1. The Labute approximate surface area is 60.4 Å². The predicted octanol–water partition coefficient (Wildman–Crippen LogP) is 0.994. The molecule has 0 fully saturated rings. The molecule has 2 N–H and O–H groups in total. The van der Waals surface area contributed by atoms with Crippen molar-refractivity contribution in [1.29, 1.82) is 0 Å². The van der Waals surface area contributed by atoms with Gasteiger partial charge < -0.3 is 5.73 Å². The highest BCUT2D eigenvalue weighted by Crippen LogP contribution is 2.25. The molecule has 0 saturated carbocycles. The Hall–Kier alpha value is -1.05. The van der Waals surface area contributed by atoms with Gasteiger partial charge in [-0.3, -0.25) is 4.79 Å². The Kier molecular flexibility index (Phi) is 1.62. The van der Waals surface area contributed by atoms with Gasteiger partial charge in [0.2, 0.25) is 5.91 Å². The van der Waals surface area contributed by atoms with Crippen LogP contribution in [0.25, 0.3) is 0 Å². The van der Waals surface area contributed by atoms with Crippen molar-refractivity contribution in [1.82, 2.24) is 0 Å². The zero-order valence-electron chi connectivity index (χ0n) is 6.22. The van der Waals surface area contributed by atoms with Gasteiger partial charge in [0.25, 0.3) is 0 Å². The normalized spacial score (nSPS) is 18.6. The van der Waals surface area contributed by atoms with Gasteiger partial charge in [0, 0.05) is 0 Å². The Morgan fingerprint density at radius 2 is 1.80 bits per heavy atom. The van der Waals surface area contributed by atoms with Crippen molar-refractivity contribution < 1.29 is 4.79 Å². The van der Waals surface area contributed by atoms with Crippen molar-refractivity contribution in [2.24, 2.45) is 11.7 Å². The van der Waals surface area contributed by atoms with Gasteiger partial charge in [0.05, 0.1) is 5.92 Å². The van der Waals surface area contributed by atoms with Crippen LogP contribution < -0.4 is 5.73 Å². The van der Waals surface area contributed by atoms with Gasteiger partial charge in [0.15, 0.2) is 0 Å². The third kappa shape index (κ3) is 0.967. The maximum absolute atomic E-state index is 10.8. The fourth-order valence-electron chi connectivity index (χ4n) is 1.26. The van der Waals surface area contributed by atoms with Crippen LogP contribution >= 0.6 is 0 Å². The third-order valence-corrected chi connectivity index (χ3v) is 1.80. The van der Waals surface area contributed by atoms with Crippen LogP contribution in [0.2, 0.25) is 0 Å². The molecule has 0 heterocycles. The van der Waals surface area contributed by atoms with E-state index in [1.807, 2.05) is 26.0 Å². The first-order valence-corrected chi connectivity index (χ1v) is 3.27. The van der Waals surface area contributed by atoms with E-state index in [1.54, 1.807) is 0 Å². The lowest BCUT2D eigenvalue weighted by Gasteiger charge is -2.08. The fourth-order valence-corrected chi connectivity index (χ4v) is 1.26. The van der Waals surface area contributed by atoms with E-state index in [4.69, 9.17) is 5.73 Å². The Bertz CT molecular complexity index is 207. The molecular weight excluding hydrogens is 126 g/mol.